The molecule has 3 aromatic rings. The molecule has 9 heteroatoms. The third kappa shape index (κ3) is 5.37. The van der Waals surface area contributed by atoms with E-state index in [0.717, 1.165) is 0 Å². The number of alkyl halides is 2. The van der Waals surface area contributed by atoms with E-state index in [1.165, 1.54) is 36.4 Å². The van der Waals surface area contributed by atoms with Crippen LogP contribution < -0.4 is 4.74 Å². The van der Waals surface area contributed by atoms with Gasteiger partial charge in [0, 0.05) is 11.6 Å². The molecule has 0 bridgehead atoms. The van der Waals surface area contributed by atoms with Gasteiger partial charge in [-0.2, -0.15) is 13.8 Å². The molecule has 0 N–H and O–H groups in total. The van der Waals surface area contributed by atoms with Crippen molar-refractivity contribution in [2.24, 2.45) is 0 Å². The fourth-order valence-corrected chi connectivity index (χ4v) is 2.39. The molecule has 0 unspecified atom stereocenters. The Kier molecular flexibility index (Phi) is 6.33. The Labute approximate surface area is 163 Å². The van der Waals surface area contributed by atoms with Crippen molar-refractivity contribution in [1.29, 1.82) is 0 Å². The summed E-state index contributed by atoms with van der Waals surface area (Å²) in [6, 6.07) is 12.8. The number of aromatic nitrogens is 2. The van der Waals surface area contributed by atoms with E-state index in [2.05, 4.69) is 14.9 Å². The van der Waals surface area contributed by atoms with E-state index in [1.54, 1.807) is 24.3 Å². The second-order valence-electron chi connectivity index (χ2n) is 5.38. The quantitative estimate of drug-likeness (QED) is 0.416. The Morgan fingerprint density at radius 1 is 1.18 bits per heavy atom. The number of ether oxygens (including phenoxy) is 2. The van der Waals surface area contributed by atoms with Crippen molar-refractivity contribution in [1.82, 2.24) is 10.1 Å². The zero-order valence-electron chi connectivity index (χ0n) is 14.2. The Balaban J connectivity index is 1.53. The third-order valence-corrected chi connectivity index (χ3v) is 3.77. The molecule has 0 aliphatic carbocycles. The summed E-state index contributed by atoms with van der Waals surface area (Å²) in [7, 11) is 0. The Morgan fingerprint density at radius 2 is 1.93 bits per heavy atom. The lowest BCUT2D eigenvalue weighted by atomic mass is 10.2. The topological polar surface area (TPSA) is 74.5 Å². The van der Waals surface area contributed by atoms with Gasteiger partial charge in [-0.25, -0.2) is 4.79 Å². The maximum atomic E-state index is 12.1. The van der Waals surface area contributed by atoms with E-state index < -0.39 is 12.6 Å². The van der Waals surface area contributed by atoms with Gasteiger partial charge in [-0.15, -0.1) is 0 Å². The molecule has 0 spiro atoms. The molecule has 28 heavy (non-hydrogen) atoms. The highest BCUT2D eigenvalue weighted by atomic mass is 35.5. The average molecular weight is 407 g/mol. The van der Waals surface area contributed by atoms with Gasteiger partial charge in [-0.05, 0) is 35.9 Å². The number of halogens is 3. The second-order valence-corrected chi connectivity index (χ2v) is 5.79. The Bertz CT molecular complexity index is 974. The number of carbonyl (C=O) groups is 1. The molecule has 1 heterocycles. The predicted octanol–water partition coefficient (Wildman–Crippen LogP) is 4.75. The molecule has 0 amide bonds. The molecule has 6 nitrogen and oxygen atoms in total. The Morgan fingerprint density at radius 3 is 2.64 bits per heavy atom. The van der Waals surface area contributed by atoms with Crippen LogP contribution in [0.25, 0.3) is 17.5 Å². The van der Waals surface area contributed by atoms with Crippen molar-refractivity contribution >= 4 is 23.6 Å². The van der Waals surface area contributed by atoms with Gasteiger partial charge in [0.15, 0.2) is 6.61 Å². The lowest BCUT2D eigenvalue weighted by molar-refractivity contribution is -0.139. The van der Waals surface area contributed by atoms with Gasteiger partial charge in [0.05, 0.1) is 5.02 Å². The second kappa shape index (κ2) is 9.09. The van der Waals surface area contributed by atoms with Gasteiger partial charge in [0.1, 0.15) is 5.75 Å². The van der Waals surface area contributed by atoms with Crippen LogP contribution in [0.4, 0.5) is 8.78 Å². The summed E-state index contributed by atoms with van der Waals surface area (Å²) in [5, 5.41) is 4.27. The molecule has 3 rings (SSSR count). The number of esters is 1. The lowest BCUT2D eigenvalue weighted by Gasteiger charge is -2.03. The van der Waals surface area contributed by atoms with Crippen LogP contribution in [0.1, 0.15) is 11.5 Å². The molecule has 0 atom stereocenters. The smallest absolute Gasteiger partial charge is 0.387 e. The molecular formula is C19H13ClF2N2O4. The monoisotopic (exact) mass is 406 g/mol. The van der Waals surface area contributed by atoms with E-state index in [1.807, 2.05) is 0 Å². The predicted molar refractivity (Wildman–Crippen MR) is 96.6 cm³/mol. The van der Waals surface area contributed by atoms with E-state index in [9.17, 15) is 13.6 Å². The van der Waals surface area contributed by atoms with E-state index in [4.69, 9.17) is 20.9 Å². The molecule has 144 valence electrons. The van der Waals surface area contributed by atoms with Crippen molar-refractivity contribution in [3.05, 3.63) is 71.1 Å². The van der Waals surface area contributed by atoms with E-state index >= 15 is 0 Å². The first-order valence-corrected chi connectivity index (χ1v) is 8.36. The van der Waals surface area contributed by atoms with Crippen LogP contribution >= 0.6 is 11.6 Å². The molecular weight excluding hydrogens is 394 g/mol. The molecule has 1 aromatic heterocycles. The zero-order chi connectivity index (χ0) is 19.9. The zero-order valence-corrected chi connectivity index (χ0v) is 15.0. The van der Waals surface area contributed by atoms with Crippen molar-refractivity contribution in [3.8, 4) is 17.1 Å². The molecule has 0 aliphatic rings. The minimum Gasteiger partial charge on any atom is -0.452 e. The molecule has 2 aromatic carbocycles. The number of rotatable bonds is 7. The number of hydrogen-bond acceptors (Lipinski definition) is 6. The minimum atomic E-state index is -2.89. The number of benzene rings is 2. The van der Waals surface area contributed by atoms with Gasteiger partial charge in [-0.3, -0.25) is 0 Å². The summed E-state index contributed by atoms with van der Waals surface area (Å²) in [6.07, 6.45) is 2.66. The van der Waals surface area contributed by atoms with Crippen molar-refractivity contribution in [2.75, 3.05) is 0 Å². The maximum absolute atomic E-state index is 12.1. The summed E-state index contributed by atoms with van der Waals surface area (Å²) >= 11 is 6.07. The average Bonchev–Trinajstić information content (AvgIpc) is 3.14. The molecule has 0 aliphatic heterocycles. The van der Waals surface area contributed by atoms with Crippen LogP contribution in [-0.4, -0.2) is 22.7 Å². The number of hydrogen-bond donors (Lipinski definition) is 0. The summed E-state index contributed by atoms with van der Waals surface area (Å²) in [5.41, 5.74) is 1.21. The van der Waals surface area contributed by atoms with Crippen LogP contribution in [0.2, 0.25) is 5.02 Å². The standard InChI is InChI=1S/C19H13ClF2N2O4/c20-15-4-2-1-3-14(15)18-23-16(28-24-18)11-26-17(25)10-7-12-5-8-13(9-6-12)27-19(21)22/h1-10,19H,11H2/b10-7+. The van der Waals surface area contributed by atoms with Gasteiger partial charge in [0.2, 0.25) is 5.82 Å². The van der Waals surface area contributed by atoms with Crippen molar-refractivity contribution < 1.29 is 27.6 Å². The van der Waals surface area contributed by atoms with Gasteiger partial charge in [0.25, 0.3) is 5.89 Å². The first-order chi connectivity index (χ1) is 13.5. The van der Waals surface area contributed by atoms with Crippen LogP contribution in [0.3, 0.4) is 0 Å². The van der Waals surface area contributed by atoms with Crippen LogP contribution in [0, 0.1) is 0 Å². The van der Waals surface area contributed by atoms with Crippen LogP contribution in [0.5, 0.6) is 5.75 Å². The molecule has 0 radical (unpaired) electrons. The first kappa shape index (κ1) is 19.5. The highest BCUT2D eigenvalue weighted by Gasteiger charge is 2.12. The van der Waals surface area contributed by atoms with Crippen molar-refractivity contribution in [2.45, 2.75) is 13.2 Å². The third-order valence-electron chi connectivity index (χ3n) is 3.44. The summed E-state index contributed by atoms with van der Waals surface area (Å²) in [6.45, 7) is -3.10. The normalized spacial score (nSPS) is 11.1. The first-order valence-electron chi connectivity index (χ1n) is 7.98. The maximum Gasteiger partial charge on any atom is 0.387 e. The molecule has 0 fully saturated rings. The summed E-state index contributed by atoms with van der Waals surface area (Å²) in [4.78, 5) is 15.9. The van der Waals surface area contributed by atoms with E-state index in [0.29, 0.717) is 22.0 Å². The minimum absolute atomic E-state index is 0.0282. The summed E-state index contributed by atoms with van der Waals surface area (Å²) < 4.78 is 38.5. The summed E-state index contributed by atoms with van der Waals surface area (Å²) in [5.74, 6) is -0.200. The van der Waals surface area contributed by atoms with Gasteiger partial charge >= 0.3 is 12.6 Å². The molecule has 0 saturated heterocycles. The Hall–Kier alpha value is -3.26. The molecule has 0 saturated carbocycles. The lowest BCUT2D eigenvalue weighted by Crippen LogP contribution is -2.01. The van der Waals surface area contributed by atoms with E-state index in [-0.39, 0.29) is 18.2 Å². The van der Waals surface area contributed by atoms with Crippen LogP contribution in [0.15, 0.2) is 59.1 Å². The van der Waals surface area contributed by atoms with Gasteiger partial charge < -0.3 is 14.0 Å². The van der Waals surface area contributed by atoms with Gasteiger partial charge in [-0.1, -0.05) is 41.0 Å². The highest BCUT2D eigenvalue weighted by molar-refractivity contribution is 6.33. The fraction of sp³-hybridized carbons (Fsp3) is 0.105. The largest absolute Gasteiger partial charge is 0.452 e. The highest BCUT2D eigenvalue weighted by Crippen LogP contribution is 2.25. The van der Waals surface area contributed by atoms with Crippen LogP contribution in [-0.2, 0) is 16.1 Å². The SMILES string of the molecule is O=C(/C=C/c1ccc(OC(F)F)cc1)OCc1nc(-c2ccccc2Cl)no1. The van der Waals surface area contributed by atoms with Crippen molar-refractivity contribution in [3.63, 3.8) is 0 Å². The number of carbonyl (C=O) groups excluding carboxylic acids is 1. The fourth-order valence-electron chi connectivity index (χ4n) is 2.17. The number of nitrogens with zero attached hydrogens (tertiary/aromatic N) is 2.